The third-order valence-electron chi connectivity index (χ3n) is 4.95. The fourth-order valence-corrected chi connectivity index (χ4v) is 6.36. The molecule has 3 aromatic rings. The highest BCUT2D eigenvalue weighted by Crippen LogP contribution is 2.29. The number of amides is 1. The van der Waals surface area contributed by atoms with E-state index in [0.717, 1.165) is 4.88 Å². The number of aromatic nitrogens is 3. The number of nitrogens with zero attached hydrogens (tertiary/aromatic N) is 4. The van der Waals surface area contributed by atoms with Gasteiger partial charge in [0.15, 0.2) is 0 Å². The first-order valence-electron chi connectivity index (χ1n) is 9.42. The van der Waals surface area contributed by atoms with Crippen molar-refractivity contribution in [1.29, 1.82) is 0 Å². The van der Waals surface area contributed by atoms with Crippen molar-refractivity contribution in [3.63, 3.8) is 0 Å². The second-order valence-electron chi connectivity index (χ2n) is 6.90. The van der Waals surface area contributed by atoms with Gasteiger partial charge in [0, 0.05) is 28.6 Å². The van der Waals surface area contributed by atoms with Gasteiger partial charge in [0.05, 0.1) is 25.0 Å². The first-order chi connectivity index (χ1) is 14.4. The van der Waals surface area contributed by atoms with Gasteiger partial charge >= 0.3 is 0 Å². The quantitative estimate of drug-likeness (QED) is 0.603. The highest BCUT2D eigenvalue weighted by molar-refractivity contribution is 7.91. The summed E-state index contributed by atoms with van der Waals surface area (Å²) < 4.78 is 27.8. The van der Waals surface area contributed by atoms with Gasteiger partial charge < -0.3 is 5.32 Å². The van der Waals surface area contributed by atoms with Crippen LogP contribution in [0.3, 0.4) is 0 Å². The van der Waals surface area contributed by atoms with Crippen LogP contribution in [0.4, 0.5) is 0 Å². The molecule has 0 spiro atoms. The summed E-state index contributed by atoms with van der Waals surface area (Å²) in [6.45, 7) is 1.11. The van der Waals surface area contributed by atoms with Gasteiger partial charge in [0.1, 0.15) is 4.21 Å². The molecule has 4 rings (SSSR count). The van der Waals surface area contributed by atoms with E-state index in [1.54, 1.807) is 53.6 Å². The number of rotatable bonds is 6. The number of sulfonamides is 1. The molecule has 2 aromatic heterocycles. The molecule has 158 valence electrons. The Morgan fingerprint density at radius 3 is 2.43 bits per heavy atom. The maximum Gasteiger partial charge on any atom is 0.252 e. The van der Waals surface area contributed by atoms with Crippen molar-refractivity contribution in [2.24, 2.45) is 0 Å². The van der Waals surface area contributed by atoms with E-state index >= 15 is 0 Å². The van der Waals surface area contributed by atoms with Gasteiger partial charge in [-0.2, -0.15) is 19.3 Å². The number of nitrogens with one attached hydrogen (secondary N) is 1. The molecule has 3 heterocycles. The Hall–Kier alpha value is -2.27. The van der Waals surface area contributed by atoms with Crippen molar-refractivity contribution in [2.45, 2.75) is 29.6 Å². The molecule has 1 aliphatic heterocycles. The number of carbonyl (C=O) groups is 1. The van der Waals surface area contributed by atoms with Crippen LogP contribution in [-0.4, -0.2) is 46.7 Å². The second kappa shape index (κ2) is 8.84. The Morgan fingerprint density at radius 1 is 1.10 bits per heavy atom. The summed E-state index contributed by atoms with van der Waals surface area (Å²) in [5.41, 5.74) is 0.498. The van der Waals surface area contributed by atoms with Crippen LogP contribution in [0.5, 0.6) is 0 Å². The zero-order valence-electron chi connectivity index (χ0n) is 15.9. The lowest BCUT2D eigenvalue weighted by Crippen LogP contribution is -2.39. The van der Waals surface area contributed by atoms with Crippen LogP contribution in [0.1, 0.15) is 34.1 Å². The Morgan fingerprint density at radius 2 is 1.77 bits per heavy atom. The predicted molar refractivity (Wildman–Crippen MR) is 114 cm³/mol. The molecular formula is C19H20ClN5O3S2. The largest absolute Gasteiger partial charge is 0.347 e. The SMILES string of the molecule is O=C(NCc1ccc(S(=O)(=O)N2CCC(n3nccn3)CC2)s1)c1ccc(Cl)cc1. The summed E-state index contributed by atoms with van der Waals surface area (Å²) in [7, 11) is -3.55. The standard InChI is InChI=1S/C19H20ClN5O3S2/c20-15-3-1-14(2-4-15)19(26)21-13-17-5-6-18(29-17)30(27,28)24-11-7-16(8-12-24)25-22-9-10-23-25/h1-6,9-10,16H,7-8,11-13H2,(H,21,26). The van der Waals surface area contributed by atoms with Gasteiger partial charge in [0.25, 0.3) is 15.9 Å². The lowest BCUT2D eigenvalue weighted by Gasteiger charge is -2.30. The van der Waals surface area contributed by atoms with E-state index < -0.39 is 10.0 Å². The van der Waals surface area contributed by atoms with Gasteiger partial charge in [-0.25, -0.2) is 8.42 Å². The fourth-order valence-electron chi connectivity index (χ4n) is 3.32. The van der Waals surface area contributed by atoms with E-state index in [1.807, 2.05) is 0 Å². The average Bonchev–Trinajstić information content (AvgIpc) is 3.45. The first kappa shape index (κ1) is 21.0. The van der Waals surface area contributed by atoms with E-state index in [4.69, 9.17) is 11.6 Å². The highest BCUT2D eigenvalue weighted by atomic mass is 35.5. The highest BCUT2D eigenvalue weighted by Gasteiger charge is 2.31. The van der Waals surface area contributed by atoms with E-state index in [2.05, 4.69) is 15.5 Å². The molecule has 0 aliphatic carbocycles. The Kier molecular flexibility index (Phi) is 6.19. The van der Waals surface area contributed by atoms with E-state index in [1.165, 1.54) is 15.6 Å². The van der Waals surface area contributed by atoms with Gasteiger partial charge in [0.2, 0.25) is 0 Å². The lowest BCUT2D eigenvalue weighted by molar-refractivity contribution is 0.0951. The molecule has 1 saturated heterocycles. The monoisotopic (exact) mass is 465 g/mol. The van der Waals surface area contributed by atoms with E-state index in [-0.39, 0.29) is 22.7 Å². The third kappa shape index (κ3) is 4.56. The Labute approximate surface area is 183 Å². The smallest absolute Gasteiger partial charge is 0.252 e. The van der Waals surface area contributed by atoms with Crippen LogP contribution < -0.4 is 5.32 Å². The number of halogens is 1. The van der Waals surface area contributed by atoms with Crippen molar-refractivity contribution in [3.8, 4) is 0 Å². The summed E-state index contributed by atoms with van der Waals surface area (Å²) in [5, 5.41) is 11.7. The summed E-state index contributed by atoms with van der Waals surface area (Å²) in [4.78, 5) is 14.6. The number of thiophene rings is 1. The number of hydrogen-bond donors (Lipinski definition) is 1. The first-order valence-corrected chi connectivity index (χ1v) is 12.1. The summed E-state index contributed by atoms with van der Waals surface area (Å²) in [6, 6.07) is 10.0. The van der Waals surface area contributed by atoms with E-state index in [0.29, 0.717) is 36.5 Å². The van der Waals surface area contributed by atoms with Gasteiger partial charge in [-0.3, -0.25) is 4.79 Å². The topological polar surface area (TPSA) is 97.2 Å². The maximum absolute atomic E-state index is 13.0. The molecule has 0 saturated carbocycles. The fraction of sp³-hybridized carbons (Fsp3) is 0.316. The van der Waals surface area contributed by atoms with Gasteiger partial charge in [-0.05, 0) is 49.2 Å². The van der Waals surface area contributed by atoms with Crippen LogP contribution >= 0.6 is 22.9 Å². The summed E-state index contributed by atoms with van der Waals surface area (Å²) in [6.07, 6.45) is 4.59. The van der Waals surface area contributed by atoms with Crippen LogP contribution in [0.2, 0.25) is 5.02 Å². The number of hydrogen-bond acceptors (Lipinski definition) is 6. The maximum atomic E-state index is 13.0. The molecule has 0 radical (unpaired) electrons. The minimum atomic E-state index is -3.55. The molecule has 1 fully saturated rings. The summed E-state index contributed by atoms with van der Waals surface area (Å²) in [5.74, 6) is -0.237. The third-order valence-corrected chi connectivity index (χ3v) is 8.65. The minimum Gasteiger partial charge on any atom is -0.347 e. The molecule has 1 N–H and O–H groups in total. The molecular weight excluding hydrogens is 446 g/mol. The van der Waals surface area contributed by atoms with Crippen molar-refractivity contribution >= 4 is 38.9 Å². The Balaban J connectivity index is 1.35. The summed E-state index contributed by atoms with van der Waals surface area (Å²) >= 11 is 7.01. The second-order valence-corrected chi connectivity index (χ2v) is 10.7. The normalized spacial score (nSPS) is 15.9. The molecule has 0 bridgehead atoms. The van der Waals surface area contributed by atoms with Crippen molar-refractivity contribution in [3.05, 3.63) is 64.3 Å². The number of piperidine rings is 1. The Bertz CT molecular complexity index is 1110. The molecule has 1 amide bonds. The molecule has 0 unspecified atom stereocenters. The molecule has 0 atom stereocenters. The average molecular weight is 466 g/mol. The molecule has 8 nitrogen and oxygen atoms in total. The zero-order chi connectivity index (χ0) is 21.1. The van der Waals surface area contributed by atoms with Crippen molar-refractivity contribution in [1.82, 2.24) is 24.6 Å². The van der Waals surface area contributed by atoms with Gasteiger partial charge in [-0.1, -0.05) is 11.6 Å². The lowest BCUT2D eigenvalue weighted by atomic mass is 10.1. The number of benzene rings is 1. The number of carbonyl (C=O) groups excluding carboxylic acids is 1. The minimum absolute atomic E-state index is 0.119. The predicted octanol–water partition coefficient (Wildman–Crippen LogP) is 2.95. The van der Waals surface area contributed by atoms with Crippen LogP contribution in [0.15, 0.2) is 53.0 Å². The molecule has 11 heteroatoms. The van der Waals surface area contributed by atoms with Crippen molar-refractivity contribution in [2.75, 3.05) is 13.1 Å². The van der Waals surface area contributed by atoms with Crippen molar-refractivity contribution < 1.29 is 13.2 Å². The molecule has 30 heavy (non-hydrogen) atoms. The van der Waals surface area contributed by atoms with Crippen LogP contribution in [0.25, 0.3) is 0 Å². The zero-order valence-corrected chi connectivity index (χ0v) is 18.3. The van der Waals surface area contributed by atoms with Gasteiger partial charge in [-0.15, -0.1) is 11.3 Å². The molecule has 1 aromatic carbocycles. The van der Waals surface area contributed by atoms with Crippen LogP contribution in [-0.2, 0) is 16.6 Å². The van der Waals surface area contributed by atoms with E-state index in [9.17, 15) is 13.2 Å². The molecule has 1 aliphatic rings. The van der Waals surface area contributed by atoms with Crippen LogP contribution in [0, 0.1) is 0 Å².